The summed E-state index contributed by atoms with van der Waals surface area (Å²) in [6.45, 7) is 20.0. The molecule has 0 radical (unpaired) electrons. The van der Waals surface area contributed by atoms with Crippen LogP contribution in [-0.2, 0) is 11.2 Å². The van der Waals surface area contributed by atoms with Gasteiger partial charge in [-0.15, -0.1) is 0 Å². The third-order valence-corrected chi connectivity index (χ3v) is 11.0. The van der Waals surface area contributed by atoms with Crippen LogP contribution in [0, 0.1) is 38.5 Å². The largest absolute Gasteiger partial charge is 0.497 e. The molecule has 4 nitrogen and oxygen atoms in total. The molecule has 3 aromatic carbocycles. The molecule has 0 spiro atoms. The maximum absolute atomic E-state index is 13.5. The monoisotopic (exact) mass is 642 g/mol. The first-order valence-electron chi connectivity index (χ1n) is 18.4. The van der Waals surface area contributed by atoms with Crippen molar-refractivity contribution in [1.82, 2.24) is 0 Å². The molecule has 4 rings (SSSR count). The second-order valence-corrected chi connectivity index (χ2v) is 15.5. The average molecular weight is 643 g/mol. The van der Waals surface area contributed by atoms with Gasteiger partial charge in [0.05, 0.1) is 13.0 Å². The van der Waals surface area contributed by atoms with Crippen molar-refractivity contribution in [2.24, 2.45) is 17.8 Å². The van der Waals surface area contributed by atoms with Crippen molar-refractivity contribution < 1.29 is 19.0 Å². The first kappa shape index (κ1) is 36.8. The first-order valence-corrected chi connectivity index (χ1v) is 18.4. The highest BCUT2D eigenvalue weighted by Gasteiger charge is 2.35. The van der Waals surface area contributed by atoms with Crippen LogP contribution in [0.3, 0.4) is 0 Å². The number of hydrogen-bond donors (Lipinski definition) is 0. The summed E-state index contributed by atoms with van der Waals surface area (Å²) in [6.07, 6.45) is 13.6. The Labute approximate surface area is 286 Å². The number of fused-ring (bicyclic) bond motifs is 2. The Bertz CT molecular complexity index is 1500. The van der Waals surface area contributed by atoms with E-state index in [0.29, 0.717) is 5.75 Å². The summed E-state index contributed by atoms with van der Waals surface area (Å²) >= 11 is 0. The smallest absolute Gasteiger partial charge is 0.318 e. The first-order chi connectivity index (χ1) is 22.3. The third kappa shape index (κ3) is 9.55. The van der Waals surface area contributed by atoms with E-state index in [4.69, 9.17) is 14.2 Å². The molecule has 0 saturated heterocycles. The number of methoxy groups -OCH3 is 1. The van der Waals surface area contributed by atoms with Crippen LogP contribution in [0.25, 0.3) is 10.8 Å². The molecule has 0 saturated carbocycles. The summed E-state index contributed by atoms with van der Waals surface area (Å²) < 4.78 is 18.4. The molecule has 0 bridgehead atoms. The molecule has 1 aliphatic heterocycles. The minimum atomic E-state index is -0.402. The summed E-state index contributed by atoms with van der Waals surface area (Å²) in [6, 6.07) is 12.1. The van der Waals surface area contributed by atoms with Crippen molar-refractivity contribution in [1.29, 1.82) is 0 Å². The maximum atomic E-state index is 13.5. The lowest BCUT2D eigenvalue weighted by Crippen LogP contribution is -2.37. The standard InChI is InChI=1S/C43H62O4/c1-28(2)14-11-15-29(3)16-12-17-30(4)18-13-24-43(9)25-23-39-34(8)40(31(5)32(6)41(39)47-43)46-42(44)33(7)36-20-19-35-21-22-38(45-10)27-37(35)26-36/h19-22,26-30,33H,11-18,23-25H2,1-10H3/t29-,30-,33-,43-/m1/s1. The molecule has 1 aliphatic rings. The number of benzene rings is 3. The predicted octanol–water partition coefficient (Wildman–Crippen LogP) is 12.0. The number of rotatable bonds is 16. The van der Waals surface area contributed by atoms with Gasteiger partial charge < -0.3 is 14.2 Å². The second kappa shape index (κ2) is 16.4. The fourth-order valence-corrected chi connectivity index (χ4v) is 7.38. The zero-order chi connectivity index (χ0) is 34.3. The molecule has 4 atom stereocenters. The van der Waals surface area contributed by atoms with Gasteiger partial charge in [-0.2, -0.15) is 0 Å². The van der Waals surface area contributed by atoms with Gasteiger partial charge in [0.15, 0.2) is 0 Å². The van der Waals surface area contributed by atoms with E-state index in [0.717, 1.165) is 81.5 Å². The lowest BCUT2D eigenvalue weighted by molar-refractivity contribution is -0.135. The van der Waals surface area contributed by atoms with Crippen LogP contribution < -0.4 is 14.2 Å². The van der Waals surface area contributed by atoms with Crippen LogP contribution in [0.4, 0.5) is 0 Å². The highest BCUT2D eigenvalue weighted by Crippen LogP contribution is 2.45. The Morgan fingerprint density at radius 2 is 1.45 bits per heavy atom. The molecule has 0 aromatic heterocycles. The van der Waals surface area contributed by atoms with Crippen molar-refractivity contribution in [2.45, 2.75) is 144 Å². The summed E-state index contributed by atoms with van der Waals surface area (Å²) in [7, 11) is 1.67. The van der Waals surface area contributed by atoms with Crippen LogP contribution in [0.1, 0.15) is 139 Å². The molecule has 258 valence electrons. The van der Waals surface area contributed by atoms with Crippen LogP contribution in [-0.4, -0.2) is 18.7 Å². The Morgan fingerprint density at radius 1 is 0.809 bits per heavy atom. The van der Waals surface area contributed by atoms with Gasteiger partial charge in [0.1, 0.15) is 22.8 Å². The van der Waals surface area contributed by atoms with E-state index in [1.807, 2.05) is 31.2 Å². The zero-order valence-electron chi connectivity index (χ0n) is 31.2. The van der Waals surface area contributed by atoms with Crippen molar-refractivity contribution in [3.05, 3.63) is 64.2 Å². The summed E-state index contributed by atoms with van der Waals surface area (Å²) in [4.78, 5) is 13.5. The molecule has 0 fully saturated rings. The Morgan fingerprint density at radius 3 is 2.11 bits per heavy atom. The zero-order valence-corrected chi connectivity index (χ0v) is 31.2. The predicted molar refractivity (Wildman–Crippen MR) is 197 cm³/mol. The molecular formula is C43H62O4. The summed E-state index contributed by atoms with van der Waals surface area (Å²) in [5.74, 6) is 4.30. The molecule has 0 unspecified atom stereocenters. The van der Waals surface area contributed by atoms with Gasteiger partial charge in [0.25, 0.3) is 0 Å². The fourth-order valence-electron chi connectivity index (χ4n) is 7.38. The van der Waals surface area contributed by atoms with E-state index in [1.165, 1.54) is 56.9 Å². The normalized spacial score (nSPS) is 18.0. The highest BCUT2D eigenvalue weighted by atomic mass is 16.5. The lowest BCUT2D eigenvalue weighted by atomic mass is 9.83. The fraction of sp³-hybridized carbons (Fsp3) is 0.605. The van der Waals surface area contributed by atoms with E-state index < -0.39 is 5.92 Å². The van der Waals surface area contributed by atoms with Crippen molar-refractivity contribution >= 4 is 16.7 Å². The Hall–Kier alpha value is -3.01. The molecule has 4 heteroatoms. The van der Waals surface area contributed by atoms with Gasteiger partial charge >= 0.3 is 5.97 Å². The van der Waals surface area contributed by atoms with Crippen LogP contribution >= 0.6 is 0 Å². The van der Waals surface area contributed by atoms with Crippen LogP contribution in [0.15, 0.2) is 36.4 Å². The van der Waals surface area contributed by atoms with Gasteiger partial charge in [0, 0.05) is 5.56 Å². The number of carbonyl (C=O) groups excluding carboxylic acids is 1. The van der Waals surface area contributed by atoms with E-state index >= 15 is 0 Å². The SMILES string of the molecule is COc1ccc2ccc([C@@H](C)C(=O)Oc3c(C)c(C)c4c(c3C)CC[C@@](C)(CCC[C@H](C)CCC[C@H](C)CCCC(C)C)O4)cc2c1. The summed E-state index contributed by atoms with van der Waals surface area (Å²) in [5, 5.41) is 2.16. The van der Waals surface area contributed by atoms with Gasteiger partial charge in [-0.25, -0.2) is 0 Å². The van der Waals surface area contributed by atoms with Crippen LogP contribution in [0.5, 0.6) is 17.2 Å². The number of carbonyl (C=O) groups is 1. The van der Waals surface area contributed by atoms with Gasteiger partial charge in [-0.3, -0.25) is 4.79 Å². The Kier molecular flexibility index (Phi) is 12.8. The molecular weight excluding hydrogens is 580 g/mol. The second-order valence-electron chi connectivity index (χ2n) is 15.5. The third-order valence-electron chi connectivity index (χ3n) is 11.0. The summed E-state index contributed by atoms with van der Waals surface area (Å²) in [5.41, 5.74) is 5.06. The molecule has 0 amide bonds. The quantitative estimate of drug-likeness (QED) is 0.115. The van der Waals surface area contributed by atoms with E-state index in [2.05, 4.69) is 67.5 Å². The average Bonchev–Trinajstić information content (AvgIpc) is 3.04. The number of esters is 1. The highest BCUT2D eigenvalue weighted by molar-refractivity contribution is 5.87. The van der Waals surface area contributed by atoms with Gasteiger partial charge in [-0.1, -0.05) is 96.9 Å². The minimum absolute atomic E-state index is 0.160. The van der Waals surface area contributed by atoms with Gasteiger partial charge in [0.2, 0.25) is 0 Å². The van der Waals surface area contributed by atoms with Gasteiger partial charge in [-0.05, 0) is 123 Å². The Balaban J connectivity index is 1.33. The van der Waals surface area contributed by atoms with E-state index in [1.54, 1.807) is 7.11 Å². The van der Waals surface area contributed by atoms with Crippen molar-refractivity contribution in [3.8, 4) is 17.2 Å². The molecule has 3 aromatic rings. The maximum Gasteiger partial charge on any atom is 0.318 e. The molecule has 0 N–H and O–H groups in total. The van der Waals surface area contributed by atoms with E-state index in [-0.39, 0.29) is 11.6 Å². The lowest BCUT2D eigenvalue weighted by Gasteiger charge is -2.38. The van der Waals surface area contributed by atoms with Crippen molar-refractivity contribution in [3.63, 3.8) is 0 Å². The number of hydrogen-bond acceptors (Lipinski definition) is 4. The van der Waals surface area contributed by atoms with Crippen molar-refractivity contribution in [2.75, 3.05) is 7.11 Å². The molecule has 1 heterocycles. The molecule has 0 aliphatic carbocycles. The topological polar surface area (TPSA) is 44.8 Å². The minimum Gasteiger partial charge on any atom is -0.497 e. The van der Waals surface area contributed by atoms with E-state index in [9.17, 15) is 4.79 Å². The van der Waals surface area contributed by atoms with Crippen LogP contribution in [0.2, 0.25) is 0 Å². The molecule has 47 heavy (non-hydrogen) atoms. The number of ether oxygens (including phenoxy) is 3.